The van der Waals surface area contributed by atoms with Crippen LogP contribution in [0, 0.1) is 18.6 Å². The number of Topliss-reactive ketones (excluding diaryl/α,β-unsaturated/α-hetero) is 1. The van der Waals surface area contributed by atoms with E-state index in [-0.39, 0.29) is 23.8 Å². The Morgan fingerprint density at radius 1 is 1.14 bits per heavy atom. The van der Waals surface area contributed by atoms with Crippen molar-refractivity contribution < 1.29 is 13.6 Å². The quantitative estimate of drug-likeness (QED) is 0.776. The first-order chi connectivity index (χ1) is 9.97. The van der Waals surface area contributed by atoms with Gasteiger partial charge in [0.25, 0.3) is 0 Å². The Morgan fingerprint density at radius 3 is 2.57 bits per heavy atom. The zero-order valence-corrected chi connectivity index (χ0v) is 12.1. The molecule has 2 rings (SSSR count). The molecule has 4 heteroatoms. The molecule has 21 heavy (non-hydrogen) atoms. The highest BCUT2D eigenvalue weighted by molar-refractivity contribution is 5.96. The Balaban J connectivity index is 1.99. The standard InChI is InChI=1S/C17H17F2NO/c1-12-6-7-13(10-16(12)19)17(21)8-9-20(2)15-5-3-4-14(18)11-15/h3-7,10-11H,8-9H2,1-2H3. The Morgan fingerprint density at radius 2 is 1.90 bits per heavy atom. The predicted molar refractivity (Wildman–Crippen MR) is 79.8 cm³/mol. The van der Waals surface area contributed by atoms with E-state index in [1.807, 2.05) is 0 Å². The first-order valence-electron chi connectivity index (χ1n) is 6.73. The smallest absolute Gasteiger partial charge is 0.164 e. The summed E-state index contributed by atoms with van der Waals surface area (Å²) in [6, 6.07) is 10.7. The Hall–Kier alpha value is -2.23. The van der Waals surface area contributed by atoms with E-state index in [0.717, 1.165) is 0 Å². The zero-order chi connectivity index (χ0) is 15.4. The molecule has 0 heterocycles. The van der Waals surface area contributed by atoms with Crippen molar-refractivity contribution in [3.63, 3.8) is 0 Å². The summed E-state index contributed by atoms with van der Waals surface area (Å²) < 4.78 is 26.6. The van der Waals surface area contributed by atoms with Gasteiger partial charge in [0.1, 0.15) is 11.6 Å². The van der Waals surface area contributed by atoms with Crippen molar-refractivity contribution in [3.8, 4) is 0 Å². The molecule has 0 saturated heterocycles. The molecule has 2 aromatic rings. The summed E-state index contributed by atoms with van der Waals surface area (Å²) in [6.07, 6.45) is 0.246. The second-order valence-corrected chi connectivity index (χ2v) is 5.04. The van der Waals surface area contributed by atoms with Crippen LogP contribution in [0.15, 0.2) is 42.5 Å². The SMILES string of the molecule is Cc1ccc(C(=O)CCN(C)c2cccc(F)c2)cc1F. The molecular weight excluding hydrogens is 272 g/mol. The molecule has 0 aromatic heterocycles. The van der Waals surface area contributed by atoms with Crippen LogP contribution in [0.4, 0.5) is 14.5 Å². The highest BCUT2D eigenvalue weighted by atomic mass is 19.1. The van der Waals surface area contributed by atoms with E-state index in [1.165, 1.54) is 18.2 Å². The predicted octanol–water partition coefficient (Wildman–Crippen LogP) is 3.98. The number of carbonyl (C=O) groups excluding carboxylic acids is 1. The van der Waals surface area contributed by atoms with Crippen LogP contribution in [0.2, 0.25) is 0 Å². The van der Waals surface area contributed by atoms with Crippen LogP contribution >= 0.6 is 0 Å². The van der Waals surface area contributed by atoms with Crippen LogP contribution in [-0.4, -0.2) is 19.4 Å². The molecule has 2 nitrogen and oxygen atoms in total. The molecule has 0 aliphatic heterocycles. The number of carbonyl (C=O) groups is 1. The molecule has 0 radical (unpaired) electrons. The van der Waals surface area contributed by atoms with E-state index in [4.69, 9.17) is 0 Å². The van der Waals surface area contributed by atoms with Gasteiger partial charge in [-0.1, -0.05) is 18.2 Å². The number of ketones is 1. The summed E-state index contributed by atoms with van der Waals surface area (Å²) in [5.74, 6) is -0.817. The monoisotopic (exact) mass is 289 g/mol. The minimum absolute atomic E-state index is 0.128. The Kier molecular flexibility index (Phi) is 4.68. The van der Waals surface area contributed by atoms with Crippen LogP contribution in [0.5, 0.6) is 0 Å². The molecule has 110 valence electrons. The lowest BCUT2D eigenvalue weighted by atomic mass is 10.1. The molecule has 0 bridgehead atoms. The van der Waals surface area contributed by atoms with Gasteiger partial charge in [-0.2, -0.15) is 0 Å². The molecule has 0 spiro atoms. The van der Waals surface area contributed by atoms with Crippen molar-refractivity contribution in [1.29, 1.82) is 0 Å². The highest BCUT2D eigenvalue weighted by Gasteiger charge is 2.10. The van der Waals surface area contributed by atoms with Crippen LogP contribution in [0.1, 0.15) is 22.3 Å². The minimum Gasteiger partial charge on any atom is -0.374 e. The van der Waals surface area contributed by atoms with Gasteiger partial charge in [-0.25, -0.2) is 8.78 Å². The number of hydrogen-bond acceptors (Lipinski definition) is 2. The fourth-order valence-corrected chi connectivity index (χ4v) is 2.02. The van der Waals surface area contributed by atoms with Crippen molar-refractivity contribution in [2.24, 2.45) is 0 Å². The molecular formula is C17H17F2NO. The summed E-state index contributed by atoms with van der Waals surface area (Å²) in [5.41, 5.74) is 1.59. The Labute approximate surface area is 123 Å². The summed E-state index contributed by atoms with van der Waals surface area (Å²) in [6.45, 7) is 2.10. The maximum Gasteiger partial charge on any atom is 0.164 e. The normalized spacial score (nSPS) is 10.5. The molecule has 0 unspecified atom stereocenters. The van der Waals surface area contributed by atoms with Crippen molar-refractivity contribution in [3.05, 3.63) is 65.2 Å². The van der Waals surface area contributed by atoms with Crippen LogP contribution in [0.3, 0.4) is 0 Å². The third-order valence-electron chi connectivity index (χ3n) is 3.42. The van der Waals surface area contributed by atoms with Crippen LogP contribution < -0.4 is 4.90 Å². The van der Waals surface area contributed by atoms with E-state index >= 15 is 0 Å². The summed E-state index contributed by atoms with van der Waals surface area (Å²) in [4.78, 5) is 13.8. The van der Waals surface area contributed by atoms with E-state index in [2.05, 4.69) is 0 Å². The van der Waals surface area contributed by atoms with Crippen molar-refractivity contribution >= 4 is 11.5 Å². The average molecular weight is 289 g/mol. The number of aryl methyl sites for hydroxylation is 1. The third-order valence-corrected chi connectivity index (χ3v) is 3.42. The van der Waals surface area contributed by atoms with Crippen molar-refractivity contribution in [1.82, 2.24) is 0 Å². The van der Waals surface area contributed by atoms with Gasteiger partial charge >= 0.3 is 0 Å². The van der Waals surface area contributed by atoms with Gasteiger partial charge in [0, 0.05) is 31.3 Å². The lowest BCUT2D eigenvalue weighted by Gasteiger charge is -2.18. The van der Waals surface area contributed by atoms with Gasteiger partial charge in [-0.15, -0.1) is 0 Å². The van der Waals surface area contributed by atoms with Crippen molar-refractivity contribution in [2.45, 2.75) is 13.3 Å². The summed E-state index contributed by atoms with van der Waals surface area (Å²) in [7, 11) is 1.79. The molecule has 0 N–H and O–H groups in total. The number of anilines is 1. The number of rotatable bonds is 5. The molecule has 0 saturated carbocycles. The molecule has 0 aliphatic carbocycles. The fraction of sp³-hybridized carbons (Fsp3) is 0.235. The van der Waals surface area contributed by atoms with Crippen LogP contribution in [0.25, 0.3) is 0 Å². The number of benzene rings is 2. The second-order valence-electron chi connectivity index (χ2n) is 5.04. The van der Waals surface area contributed by atoms with Crippen molar-refractivity contribution in [2.75, 3.05) is 18.5 Å². The fourth-order valence-electron chi connectivity index (χ4n) is 2.02. The third kappa shape index (κ3) is 3.88. The van der Waals surface area contributed by atoms with Crippen LogP contribution in [-0.2, 0) is 0 Å². The molecule has 0 atom stereocenters. The topological polar surface area (TPSA) is 20.3 Å². The van der Waals surface area contributed by atoms with Gasteiger partial charge in [0.05, 0.1) is 0 Å². The number of halogens is 2. The molecule has 0 fully saturated rings. The Bertz CT molecular complexity index is 655. The summed E-state index contributed by atoms with van der Waals surface area (Å²) in [5, 5.41) is 0. The number of nitrogens with zero attached hydrogens (tertiary/aromatic N) is 1. The lowest BCUT2D eigenvalue weighted by molar-refractivity contribution is 0.0984. The van der Waals surface area contributed by atoms with E-state index in [1.54, 1.807) is 43.1 Å². The van der Waals surface area contributed by atoms with E-state index < -0.39 is 0 Å². The first kappa shape index (κ1) is 15.2. The molecule has 0 amide bonds. The summed E-state index contributed by atoms with van der Waals surface area (Å²) >= 11 is 0. The van der Waals surface area contributed by atoms with Gasteiger partial charge in [-0.05, 0) is 36.8 Å². The highest BCUT2D eigenvalue weighted by Crippen LogP contribution is 2.15. The maximum absolute atomic E-state index is 13.4. The largest absolute Gasteiger partial charge is 0.374 e. The number of hydrogen-bond donors (Lipinski definition) is 0. The second kappa shape index (κ2) is 6.48. The van der Waals surface area contributed by atoms with Gasteiger partial charge in [0.2, 0.25) is 0 Å². The zero-order valence-electron chi connectivity index (χ0n) is 12.1. The van der Waals surface area contributed by atoms with Gasteiger partial charge in [-0.3, -0.25) is 4.79 Å². The van der Waals surface area contributed by atoms with E-state index in [0.29, 0.717) is 23.4 Å². The first-order valence-corrected chi connectivity index (χ1v) is 6.73. The van der Waals surface area contributed by atoms with E-state index in [9.17, 15) is 13.6 Å². The average Bonchev–Trinajstić information content (AvgIpc) is 2.47. The lowest BCUT2D eigenvalue weighted by Crippen LogP contribution is -2.21. The molecule has 2 aromatic carbocycles. The maximum atomic E-state index is 13.4. The van der Waals surface area contributed by atoms with Gasteiger partial charge < -0.3 is 4.90 Å². The minimum atomic E-state index is -0.376. The molecule has 0 aliphatic rings. The van der Waals surface area contributed by atoms with Gasteiger partial charge in [0.15, 0.2) is 5.78 Å².